The lowest BCUT2D eigenvalue weighted by Crippen LogP contribution is -2.08. The van der Waals surface area contributed by atoms with Crippen molar-refractivity contribution in [1.82, 2.24) is 4.98 Å². The van der Waals surface area contributed by atoms with Gasteiger partial charge in [0.1, 0.15) is 0 Å². The van der Waals surface area contributed by atoms with E-state index < -0.39 is 6.09 Å². The highest BCUT2D eigenvalue weighted by atomic mass is 16.5. The predicted octanol–water partition coefficient (Wildman–Crippen LogP) is 4.27. The molecule has 0 aliphatic heterocycles. The Balaban J connectivity index is 3.05. The van der Waals surface area contributed by atoms with Gasteiger partial charge in [-0.05, 0) is 32.8 Å². The van der Waals surface area contributed by atoms with Gasteiger partial charge in [-0.2, -0.15) is 4.99 Å². The molecule has 1 aromatic rings. The largest absolute Gasteiger partial charge is 0.448 e. The number of rotatable bonds is 6. The second kappa shape index (κ2) is 9.02. The minimum absolute atomic E-state index is 0.335. The zero-order chi connectivity index (χ0) is 14.8. The summed E-state index contributed by atoms with van der Waals surface area (Å²) < 4.78 is 4.91. The Morgan fingerprint density at radius 1 is 1.45 bits per heavy atom. The molecule has 1 heterocycles. The molecule has 1 amide bonds. The molecule has 0 spiro atoms. The summed E-state index contributed by atoms with van der Waals surface area (Å²) >= 11 is 0. The average Bonchev–Trinajstić information content (AvgIpc) is 2.46. The van der Waals surface area contributed by atoms with Crippen molar-refractivity contribution >= 4 is 17.4 Å². The molecule has 0 atom stereocenters. The number of hydrogen-bond acceptors (Lipinski definition) is 3. The maximum atomic E-state index is 11.6. The molecule has 4 nitrogen and oxygen atoms in total. The van der Waals surface area contributed by atoms with Gasteiger partial charge in [-0.3, -0.25) is 4.98 Å². The lowest BCUT2D eigenvalue weighted by Gasteiger charge is -2.10. The molecule has 0 radical (unpaired) electrons. The minimum atomic E-state index is -0.526. The molecule has 0 unspecified atom stereocenters. The summed E-state index contributed by atoms with van der Waals surface area (Å²) in [4.78, 5) is 19.8. The van der Waals surface area contributed by atoms with Crippen LogP contribution < -0.4 is 0 Å². The van der Waals surface area contributed by atoms with Crippen LogP contribution in [0.25, 0.3) is 5.57 Å². The number of pyridine rings is 1. The molecule has 0 fully saturated rings. The predicted molar refractivity (Wildman–Crippen MR) is 81.9 cm³/mol. The molecule has 20 heavy (non-hydrogen) atoms. The minimum Gasteiger partial charge on any atom is -0.448 e. The first-order valence-electron chi connectivity index (χ1n) is 7.04. The van der Waals surface area contributed by atoms with Gasteiger partial charge in [-0.1, -0.05) is 25.5 Å². The van der Waals surface area contributed by atoms with Crippen LogP contribution in [0.4, 0.5) is 4.79 Å². The summed E-state index contributed by atoms with van der Waals surface area (Å²) in [6.07, 6.45) is 7.73. The fourth-order valence-electron chi connectivity index (χ4n) is 1.88. The van der Waals surface area contributed by atoms with Crippen molar-refractivity contribution < 1.29 is 9.53 Å². The van der Waals surface area contributed by atoms with Gasteiger partial charge >= 0.3 is 6.09 Å². The lowest BCUT2D eigenvalue weighted by atomic mass is 9.98. The van der Waals surface area contributed by atoms with E-state index in [9.17, 15) is 4.79 Å². The second-order valence-electron chi connectivity index (χ2n) is 4.31. The first-order chi connectivity index (χ1) is 9.72. The van der Waals surface area contributed by atoms with Crippen LogP contribution in [0.1, 0.15) is 45.6 Å². The van der Waals surface area contributed by atoms with Crippen LogP contribution in [0.3, 0.4) is 0 Å². The van der Waals surface area contributed by atoms with E-state index in [-0.39, 0.29) is 0 Å². The van der Waals surface area contributed by atoms with E-state index in [1.807, 2.05) is 25.1 Å². The smallest absolute Gasteiger partial charge is 0.433 e. The lowest BCUT2D eigenvalue weighted by molar-refractivity contribution is 0.163. The molecule has 0 saturated heterocycles. The maximum Gasteiger partial charge on any atom is 0.433 e. The molecule has 0 N–H and O–H groups in total. The van der Waals surface area contributed by atoms with E-state index in [0.717, 1.165) is 36.1 Å². The zero-order valence-electron chi connectivity index (χ0n) is 12.4. The summed E-state index contributed by atoms with van der Waals surface area (Å²) in [6.45, 7) is 6.16. The maximum absolute atomic E-state index is 11.6. The highest BCUT2D eigenvalue weighted by Gasteiger charge is 2.11. The van der Waals surface area contributed by atoms with Gasteiger partial charge in [-0.25, -0.2) is 4.79 Å². The van der Waals surface area contributed by atoms with Crippen LogP contribution in [-0.2, 0) is 4.74 Å². The second-order valence-corrected chi connectivity index (χ2v) is 4.31. The Bertz CT molecular complexity index is 479. The highest BCUT2D eigenvalue weighted by molar-refractivity contribution is 6.25. The molecule has 0 aliphatic rings. The van der Waals surface area contributed by atoms with Gasteiger partial charge in [0.05, 0.1) is 12.3 Å². The molecular weight excluding hydrogens is 252 g/mol. The molecule has 108 valence electrons. The number of aromatic nitrogens is 1. The van der Waals surface area contributed by atoms with Gasteiger partial charge < -0.3 is 4.74 Å². The molecule has 0 bridgehead atoms. The van der Waals surface area contributed by atoms with Crippen molar-refractivity contribution in [2.24, 2.45) is 4.99 Å². The molecule has 1 aromatic heterocycles. The Morgan fingerprint density at radius 3 is 2.80 bits per heavy atom. The third kappa shape index (κ3) is 4.96. The van der Waals surface area contributed by atoms with Gasteiger partial charge in [0.25, 0.3) is 0 Å². The Labute approximate surface area is 120 Å². The normalized spacial score (nSPS) is 12.3. The highest BCUT2D eigenvalue weighted by Crippen LogP contribution is 2.19. The fraction of sp³-hybridized carbons (Fsp3) is 0.438. The summed E-state index contributed by atoms with van der Waals surface area (Å²) in [5.41, 5.74) is 2.68. The summed E-state index contributed by atoms with van der Waals surface area (Å²) in [6, 6.07) is 3.84. The van der Waals surface area contributed by atoms with Crippen molar-refractivity contribution in [1.29, 1.82) is 0 Å². The number of carbonyl (C=O) groups is 1. The Hall–Kier alpha value is -1.97. The van der Waals surface area contributed by atoms with Crippen LogP contribution >= 0.6 is 0 Å². The van der Waals surface area contributed by atoms with Crippen LogP contribution in [0.2, 0.25) is 0 Å². The van der Waals surface area contributed by atoms with E-state index in [1.54, 1.807) is 19.3 Å². The molecule has 1 rings (SSSR count). The van der Waals surface area contributed by atoms with Gasteiger partial charge in [0.2, 0.25) is 0 Å². The van der Waals surface area contributed by atoms with Crippen molar-refractivity contribution in [2.45, 2.75) is 40.0 Å². The first kappa shape index (κ1) is 16.1. The van der Waals surface area contributed by atoms with Gasteiger partial charge in [0, 0.05) is 23.5 Å². The quantitative estimate of drug-likeness (QED) is 0.728. The van der Waals surface area contributed by atoms with E-state index >= 15 is 0 Å². The SMILES string of the molecule is C/C=C(\C(CCCC)=NC(=O)OCC)c1cccnc1. The standard InChI is InChI=1S/C16H22N2O2/c1-4-7-10-15(18-16(19)20-6-3)14(5-2)13-9-8-11-17-12-13/h5,8-9,11-12H,4,6-7,10H2,1-3H3/b14-5-,18-15?. The number of carbonyl (C=O) groups excluding carboxylic acids is 1. The van der Waals surface area contributed by atoms with Crippen LogP contribution in [0, 0.1) is 0 Å². The van der Waals surface area contributed by atoms with Crippen molar-refractivity contribution in [3.8, 4) is 0 Å². The number of nitrogens with zero attached hydrogens (tertiary/aromatic N) is 2. The third-order valence-corrected chi connectivity index (χ3v) is 2.83. The fourth-order valence-corrected chi connectivity index (χ4v) is 1.88. The number of aliphatic imine (C=N–C) groups is 1. The molecular formula is C16H22N2O2. The van der Waals surface area contributed by atoms with Gasteiger partial charge in [0.15, 0.2) is 0 Å². The monoisotopic (exact) mass is 274 g/mol. The van der Waals surface area contributed by atoms with Crippen molar-refractivity contribution in [3.63, 3.8) is 0 Å². The Kier molecular flexibility index (Phi) is 7.25. The van der Waals surface area contributed by atoms with Crippen molar-refractivity contribution in [2.75, 3.05) is 6.61 Å². The number of amides is 1. The van der Waals surface area contributed by atoms with Crippen LogP contribution in [0.15, 0.2) is 35.6 Å². The van der Waals surface area contributed by atoms with E-state index in [4.69, 9.17) is 4.74 Å². The van der Waals surface area contributed by atoms with Gasteiger partial charge in [-0.15, -0.1) is 0 Å². The van der Waals surface area contributed by atoms with Crippen molar-refractivity contribution in [3.05, 3.63) is 36.2 Å². The molecule has 4 heteroatoms. The van der Waals surface area contributed by atoms with E-state index in [1.165, 1.54) is 0 Å². The summed E-state index contributed by atoms with van der Waals surface area (Å²) in [5.74, 6) is 0. The van der Waals surface area contributed by atoms with E-state index in [0.29, 0.717) is 6.61 Å². The van der Waals surface area contributed by atoms with Crippen LogP contribution in [-0.4, -0.2) is 23.4 Å². The first-order valence-corrected chi connectivity index (χ1v) is 7.04. The number of unbranched alkanes of at least 4 members (excludes halogenated alkanes) is 1. The number of ether oxygens (including phenoxy) is 1. The third-order valence-electron chi connectivity index (χ3n) is 2.83. The van der Waals surface area contributed by atoms with Crippen LogP contribution in [0.5, 0.6) is 0 Å². The summed E-state index contributed by atoms with van der Waals surface area (Å²) in [7, 11) is 0. The summed E-state index contributed by atoms with van der Waals surface area (Å²) in [5, 5.41) is 0. The topological polar surface area (TPSA) is 51.5 Å². The Morgan fingerprint density at radius 2 is 2.25 bits per heavy atom. The average molecular weight is 274 g/mol. The van der Waals surface area contributed by atoms with E-state index in [2.05, 4.69) is 16.9 Å². The molecule has 0 aromatic carbocycles. The molecule has 0 aliphatic carbocycles. The zero-order valence-corrected chi connectivity index (χ0v) is 12.4. The number of allylic oxidation sites excluding steroid dienone is 2. The number of hydrogen-bond donors (Lipinski definition) is 0. The molecule has 0 saturated carbocycles.